The van der Waals surface area contributed by atoms with Crippen molar-refractivity contribution in [1.82, 2.24) is 0 Å². The topological polar surface area (TPSA) is 35.2 Å². The molecule has 0 bridgehead atoms. The molecule has 64 valence electrons. The molecule has 1 unspecified atom stereocenters. The first-order valence-electron chi connectivity index (χ1n) is 4.30. The Balaban J connectivity index is 2.51. The molecule has 1 aliphatic rings. The highest BCUT2D eigenvalue weighted by molar-refractivity contribution is 5.11. The zero-order chi connectivity index (χ0) is 8.10. The minimum absolute atomic E-state index is 0.354. The largest absolute Gasteiger partial charge is 0.377 e. The molecule has 0 amide bonds. The predicted molar refractivity (Wildman–Crippen MR) is 46.4 cm³/mol. The van der Waals surface area contributed by atoms with E-state index in [4.69, 9.17) is 10.5 Å². The number of methoxy groups -OCH3 is 1. The summed E-state index contributed by atoms with van der Waals surface area (Å²) in [6, 6.07) is 0. The lowest BCUT2D eigenvalue weighted by Crippen LogP contribution is -2.19. The van der Waals surface area contributed by atoms with Crippen LogP contribution < -0.4 is 5.73 Å². The van der Waals surface area contributed by atoms with E-state index in [1.54, 1.807) is 7.11 Å². The van der Waals surface area contributed by atoms with Gasteiger partial charge in [0.2, 0.25) is 0 Å². The summed E-state index contributed by atoms with van der Waals surface area (Å²) >= 11 is 0. The number of hydrogen-bond acceptors (Lipinski definition) is 2. The van der Waals surface area contributed by atoms with Gasteiger partial charge in [0.15, 0.2) is 0 Å². The van der Waals surface area contributed by atoms with Crippen LogP contribution in [0.1, 0.15) is 25.7 Å². The van der Waals surface area contributed by atoms with Crippen molar-refractivity contribution in [2.75, 3.05) is 13.7 Å². The van der Waals surface area contributed by atoms with Gasteiger partial charge in [-0.05, 0) is 24.8 Å². The first kappa shape index (κ1) is 8.75. The highest BCUT2D eigenvalue weighted by Crippen LogP contribution is 2.25. The summed E-state index contributed by atoms with van der Waals surface area (Å²) in [5.74, 6) is 0. The Morgan fingerprint density at radius 2 is 2.45 bits per heavy atom. The molecule has 11 heavy (non-hydrogen) atoms. The van der Waals surface area contributed by atoms with Crippen LogP contribution in [-0.4, -0.2) is 19.8 Å². The summed E-state index contributed by atoms with van der Waals surface area (Å²) in [6.07, 6.45) is 7.39. The molecule has 2 N–H and O–H groups in total. The molecular weight excluding hydrogens is 138 g/mol. The van der Waals surface area contributed by atoms with E-state index in [1.807, 2.05) is 0 Å². The van der Waals surface area contributed by atoms with Gasteiger partial charge in [0.05, 0.1) is 6.10 Å². The van der Waals surface area contributed by atoms with E-state index in [0.29, 0.717) is 12.6 Å². The smallest absolute Gasteiger partial charge is 0.0781 e. The van der Waals surface area contributed by atoms with Crippen molar-refractivity contribution in [2.24, 2.45) is 5.73 Å². The van der Waals surface area contributed by atoms with Gasteiger partial charge in [-0.2, -0.15) is 0 Å². The Hall–Kier alpha value is -0.340. The number of ether oxygens (including phenoxy) is 1. The normalized spacial score (nSPS) is 29.3. The average Bonchev–Trinajstić information content (AvgIpc) is 2.06. The van der Waals surface area contributed by atoms with E-state index in [2.05, 4.69) is 6.08 Å². The van der Waals surface area contributed by atoms with Crippen LogP contribution >= 0.6 is 0 Å². The standard InChI is InChI=1S/C9H17NO/c1-11-9-5-3-2-4-8(9)6-7-10/h6,9H,2-5,7,10H2,1H3. The Morgan fingerprint density at radius 3 is 3.09 bits per heavy atom. The van der Waals surface area contributed by atoms with E-state index in [-0.39, 0.29) is 0 Å². The lowest BCUT2D eigenvalue weighted by molar-refractivity contribution is 0.109. The second-order valence-electron chi connectivity index (χ2n) is 2.98. The van der Waals surface area contributed by atoms with Gasteiger partial charge in [-0.25, -0.2) is 0 Å². The zero-order valence-corrected chi connectivity index (χ0v) is 7.18. The maximum Gasteiger partial charge on any atom is 0.0781 e. The lowest BCUT2D eigenvalue weighted by atomic mass is 9.92. The maximum atomic E-state index is 5.44. The van der Waals surface area contributed by atoms with Crippen LogP contribution in [-0.2, 0) is 4.74 Å². The third-order valence-corrected chi connectivity index (χ3v) is 2.26. The molecule has 0 aliphatic heterocycles. The molecule has 1 fully saturated rings. The quantitative estimate of drug-likeness (QED) is 0.613. The highest BCUT2D eigenvalue weighted by Gasteiger charge is 2.16. The molecule has 0 heterocycles. The van der Waals surface area contributed by atoms with Crippen molar-refractivity contribution >= 4 is 0 Å². The molecule has 0 aromatic heterocycles. The van der Waals surface area contributed by atoms with E-state index >= 15 is 0 Å². The molecular formula is C9H17NO. The lowest BCUT2D eigenvalue weighted by Gasteiger charge is -2.23. The third kappa shape index (κ3) is 2.31. The molecule has 1 aliphatic carbocycles. The van der Waals surface area contributed by atoms with Gasteiger partial charge in [0, 0.05) is 13.7 Å². The summed E-state index contributed by atoms with van der Waals surface area (Å²) < 4.78 is 5.33. The van der Waals surface area contributed by atoms with Gasteiger partial charge in [0.25, 0.3) is 0 Å². The monoisotopic (exact) mass is 155 g/mol. The van der Waals surface area contributed by atoms with Crippen LogP contribution in [0, 0.1) is 0 Å². The fourth-order valence-electron chi connectivity index (χ4n) is 1.66. The molecule has 1 rings (SSSR count). The molecule has 1 saturated carbocycles. The second kappa shape index (κ2) is 4.52. The Labute approximate surface area is 68.4 Å². The summed E-state index contributed by atoms with van der Waals surface area (Å²) in [7, 11) is 1.78. The van der Waals surface area contributed by atoms with Crippen molar-refractivity contribution in [2.45, 2.75) is 31.8 Å². The van der Waals surface area contributed by atoms with Crippen LogP contribution in [0.3, 0.4) is 0 Å². The van der Waals surface area contributed by atoms with E-state index < -0.39 is 0 Å². The van der Waals surface area contributed by atoms with Crippen molar-refractivity contribution < 1.29 is 4.74 Å². The average molecular weight is 155 g/mol. The summed E-state index contributed by atoms with van der Waals surface area (Å²) in [4.78, 5) is 0. The van der Waals surface area contributed by atoms with Crippen LogP contribution in [0.25, 0.3) is 0 Å². The van der Waals surface area contributed by atoms with E-state index in [9.17, 15) is 0 Å². The van der Waals surface area contributed by atoms with Gasteiger partial charge in [-0.1, -0.05) is 12.5 Å². The summed E-state index contributed by atoms with van der Waals surface area (Å²) in [5.41, 5.74) is 6.85. The molecule has 0 saturated heterocycles. The Morgan fingerprint density at radius 1 is 1.64 bits per heavy atom. The van der Waals surface area contributed by atoms with Gasteiger partial charge < -0.3 is 10.5 Å². The van der Waals surface area contributed by atoms with Crippen LogP contribution in [0.2, 0.25) is 0 Å². The van der Waals surface area contributed by atoms with E-state index in [1.165, 1.54) is 31.3 Å². The fraction of sp³-hybridized carbons (Fsp3) is 0.778. The first-order chi connectivity index (χ1) is 5.38. The number of hydrogen-bond donors (Lipinski definition) is 1. The Bertz CT molecular complexity index is 142. The first-order valence-corrected chi connectivity index (χ1v) is 4.30. The Kier molecular flexibility index (Phi) is 3.60. The third-order valence-electron chi connectivity index (χ3n) is 2.26. The molecule has 0 aromatic carbocycles. The molecule has 2 heteroatoms. The van der Waals surface area contributed by atoms with E-state index in [0.717, 1.165) is 0 Å². The van der Waals surface area contributed by atoms with Gasteiger partial charge in [0.1, 0.15) is 0 Å². The zero-order valence-electron chi connectivity index (χ0n) is 7.18. The van der Waals surface area contributed by atoms with Gasteiger partial charge >= 0.3 is 0 Å². The molecule has 0 radical (unpaired) electrons. The second-order valence-corrected chi connectivity index (χ2v) is 2.98. The van der Waals surface area contributed by atoms with Crippen molar-refractivity contribution in [1.29, 1.82) is 0 Å². The van der Waals surface area contributed by atoms with Crippen LogP contribution in [0.5, 0.6) is 0 Å². The fourth-order valence-corrected chi connectivity index (χ4v) is 1.66. The molecule has 0 spiro atoms. The van der Waals surface area contributed by atoms with Gasteiger partial charge in [-0.3, -0.25) is 0 Å². The highest BCUT2D eigenvalue weighted by atomic mass is 16.5. The summed E-state index contributed by atoms with van der Waals surface area (Å²) in [6.45, 7) is 0.648. The molecule has 1 atom stereocenters. The van der Waals surface area contributed by atoms with Crippen molar-refractivity contribution in [3.05, 3.63) is 11.6 Å². The molecule has 2 nitrogen and oxygen atoms in total. The van der Waals surface area contributed by atoms with Crippen molar-refractivity contribution in [3.8, 4) is 0 Å². The predicted octanol–water partition coefficient (Wildman–Crippen LogP) is 1.46. The minimum Gasteiger partial charge on any atom is -0.377 e. The maximum absolute atomic E-state index is 5.44. The summed E-state index contributed by atoms with van der Waals surface area (Å²) in [5, 5.41) is 0. The SMILES string of the molecule is COC1CCCCC1=CCN. The molecule has 0 aromatic rings. The van der Waals surface area contributed by atoms with Crippen LogP contribution in [0.4, 0.5) is 0 Å². The number of rotatable bonds is 2. The van der Waals surface area contributed by atoms with Gasteiger partial charge in [-0.15, -0.1) is 0 Å². The van der Waals surface area contributed by atoms with Crippen molar-refractivity contribution in [3.63, 3.8) is 0 Å². The minimum atomic E-state index is 0.354. The van der Waals surface area contributed by atoms with Crippen LogP contribution in [0.15, 0.2) is 11.6 Å². The number of nitrogens with two attached hydrogens (primary N) is 1.